The van der Waals surface area contributed by atoms with Gasteiger partial charge in [0.25, 0.3) is 0 Å². The van der Waals surface area contributed by atoms with Crippen molar-refractivity contribution in [3.8, 4) is 5.75 Å². The lowest BCUT2D eigenvalue weighted by Crippen LogP contribution is -2.43. The average molecular weight is 339 g/mol. The van der Waals surface area contributed by atoms with Crippen molar-refractivity contribution in [2.24, 2.45) is 0 Å². The molecule has 2 aromatic rings. The predicted molar refractivity (Wildman–Crippen MR) is 88.2 cm³/mol. The summed E-state index contributed by atoms with van der Waals surface area (Å²) in [6, 6.07) is 6.76. The van der Waals surface area contributed by atoms with Crippen molar-refractivity contribution in [2.75, 3.05) is 13.1 Å². The molecule has 116 valence electrons. The van der Waals surface area contributed by atoms with Gasteiger partial charge in [-0.15, -0.1) is 0 Å². The number of piperidine rings is 1. The third kappa shape index (κ3) is 3.29. The summed E-state index contributed by atoms with van der Waals surface area (Å²) in [5.74, 6) is 0.659. The lowest BCUT2D eigenvalue weighted by molar-refractivity contribution is 0.138. The minimum absolute atomic E-state index is 0.00634. The number of halogens is 2. The number of nitrogens with one attached hydrogen (secondary N) is 2. The zero-order chi connectivity index (χ0) is 15.5. The van der Waals surface area contributed by atoms with Crippen molar-refractivity contribution in [1.29, 1.82) is 0 Å². The number of benzene rings is 1. The van der Waals surface area contributed by atoms with Gasteiger partial charge in [-0.1, -0.05) is 23.2 Å². The van der Waals surface area contributed by atoms with Crippen molar-refractivity contribution in [3.05, 3.63) is 62.5 Å². The summed E-state index contributed by atoms with van der Waals surface area (Å²) < 4.78 is 6.08. The Balaban J connectivity index is 1.85. The molecular formula is C16H16Cl2N2O2. The Bertz CT molecular complexity index is 717. The van der Waals surface area contributed by atoms with Gasteiger partial charge in [0.2, 0.25) is 0 Å². The Labute approximate surface area is 138 Å². The monoisotopic (exact) mass is 338 g/mol. The minimum atomic E-state index is -0.0815. The molecule has 1 aromatic carbocycles. The van der Waals surface area contributed by atoms with E-state index in [1.807, 2.05) is 0 Å². The highest BCUT2D eigenvalue weighted by molar-refractivity contribution is 6.42. The summed E-state index contributed by atoms with van der Waals surface area (Å²) >= 11 is 12.0. The molecule has 1 aromatic heterocycles. The van der Waals surface area contributed by atoms with Gasteiger partial charge in [-0.2, -0.15) is 0 Å². The van der Waals surface area contributed by atoms with E-state index in [1.165, 1.54) is 0 Å². The third-order valence-electron chi connectivity index (χ3n) is 3.85. The molecule has 0 amide bonds. The van der Waals surface area contributed by atoms with Crippen molar-refractivity contribution < 1.29 is 4.74 Å². The van der Waals surface area contributed by atoms with Crippen LogP contribution in [0.25, 0.3) is 0 Å². The fourth-order valence-electron chi connectivity index (χ4n) is 2.73. The summed E-state index contributed by atoms with van der Waals surface area (Å²) in [5, 5.41) is 4.27. The summed E-state index contributed by atoms with van der Waals surface area (Å²) in [5.41, 5.74) is 0.759. The molecule has 2 heterocycles. The number of aromatic nitrogens is 1. The van der Waals surface area contributed by atoms with E-state index >= 15 is 0 Å². The first kappa shape index (κ1) is 15.4. The average Bonchev–Trinajstić information content (AvgIpc) is 2.52. The van der Waals surface area contributed by atoms with Gasteiger partial charge in [0, 0.05) is 42.6 Å². The Morgan fingerprint density at radius 3 is 2.82 bits per heavy atom. The van der Waals surface area contributed by atoms with Crippen molar-refractivity contribution >= 4 is 23.2 Å². The maximum absolute atomic E-state index is 12.1. The maximum atomic E-state index is 12.1. The first-order valence-corrected chi connectivity index (χ1v) is 7.90. The van der Waals surface area contributed by atoms with Crippen LogP contribution in [-0.4, -0.2) is 24.2 Å². The van der Waals surface area contributed by atoms with Gasteiger partial charge in [-0.25, -0.2) is 0 Å². The normalized spacial score (nSPS) is 21.5. The zero-order valence-corrected chi connectivity index (χ0v) is 13.3. The number of ether oxygens (including phenoxy) is 1. The lowest BCUT2D eigenvalue weighted by atomic mass is 9.89. The van der Waals surface area contributed by atoms with E-state index in [4.69, 9.17) is 27.9 Å². The van der Waals surface area contributed by atoms with Crippen LogP contribution in [0.1, 0.15) is 17.9 Å². The van der Waals surface area contributed by atoms with Crippen molar-refractivity contribution in [3.63, 3.8) is 0 Å². The summed E-state index contributed by atoms with van der Waals surface area (Å²) in [6.45, 7) is 1.56. The molecule has 1 saturated heterocycles. The molecule has 2 N–H and O–H groups in total. The van der Waals surface area contributed by atoms with Crippen LogP contribution in [0.4, 0.5) is 0 Å². The second-order valence-electron chi connectivity index (χ2n) is 5.30. The molecule has 1 aliphatic rings. The Kier molecular flexibility index (Phi) is 4.71. The molecule has 0 bridgehead atoms. The van der Waals surface area contributed by atoms with Crippen LogP contribution in [0.2, 0.25) is 10.0 Å². The van der Waals surface area contributed by atoms with Crippen LogP contribution in [0, 0.1) is 0 Å². The van der Waals surface area contributed by atoms with E-state index < -0.39 is 0 Å². The van der Waals surface area contributed by atoms with Crippen LogP contribution < -0.4 is 15.5 Å². The van der Waals surface area contributed by atoms with Gasteiger partial charge in [0.1, 0.15) is 11.9 Å². The molecule has 1 aliphatic heterocycles. The van der Waals surface area contributed by atoms with E-state index in [2.05, 4.69) is 10.3 Å². The number of rotatable bonds is 3. The van der Waals surface area contributed by atoms with Crippen molar-refractivity contribution in [1.82, 2.24) is 10.3 Å². The molecule has 6 heteroatoms. The van der Waals surface area contributed by atoms with Gasteiger partial charge < -0.3 is 15.0 Å². The molecule has 2 unspecified atom stereocenters. The molecule has 1 fully saturated rings. The van der Waals surface area contributed by atoms with Crippen LogP contribution in [0.3, 0.4) is 0 Å². The van der Waals surface area contributed by atoms with Gasteiger partial charge in [0.05, 0.1) is 10.0 Å². The van der Waals surface area contributed by atoms with Crippen LogP contribution in [-0.2, 0) is 0 Å². The smallest absolute Gasteiger partial charge is 0.185 e. The second-order valence-corrected chi connectivity index (χ2v) is 6.11. The van der Waals surface area contributed by atoms with E-state index in [-0.39, 0.29) is 17.5 Å². The van der Waals surface area contributed by atoms with Gasteiger partial charge in [0.15, 0.2) is 5.43 Å². The van der Waals surface area contributed by atoms with Crippen LogP contribution in [0.5, 0.6) is 5.75 Å². The number of H-pyrrole nitrogens is 1. The first-order chi connectivity index (χ1) is 10.6. The van der Waals surface area contributed by atoms with E-state index in [1.54, 1.807) is 36.7 Å². The molecular weight excluding hydrogens is 323 g/mol. The Morgan fingerprint density at radius 2 is 2.05 bits per heavy atom. The molecule has 0 saturated carbocycles. The number of pyridine rings is 1. The van der Waals surface area contributed by atoms with Gasteiger partial charge in [-0.3, -0.25) is 4.79 Å². The van der Waals surface area contributed by atoms with Crippen molar-refractivity contribution in [2.45, 2.75) is 18.4 Å². The third-order valence-corrected chi connectivity index (χ3v) is 4.59. The Hall–Kier alpha value is -1.49. The molecule has 3 rings (SSSR count). The predicted octanol–water partition coefficient (Wildman–Crippen LogP) is 3.21. The molecule has 2 atom stereocenters. The minimum Gasteiger partial charge on any atom is -0.490 e. The quantitative estimate of drug-likeness (QED) is 0.903. The second kappa shape index (κ2) is 6.73. The summed E-state index contributed by atoms with van der Waals surface area (Å²) in [6.07, 6.45) is 4.13. The highest BCUT2D eigenvalue weighted by Gasteiger charge is 2.29. The maximum Gasteiger partial charge on any atom is 0.185 e. The molecule has 0 aliphatic carbocycles. The highest BCUT2D eigenvalue weighted by atomic mass is 35.5. The number of aromatic amines is 1. The molecule has 0 spiro atoms. The molecule has 0 radical (unpaired) electrons. The van der Waals surface area contributed by atoms with Crippen LogP contribution in [0.15, 0.2) is 41.5 Å². The highest BCUT2D eigenvalue weighted by Crippen LogP contribution is 2.30. The first-order valence-electron chi connectivity index (χ1n) is 7.14. The topological polar surface area (TPSA) is 54.1 Å². The fourth-order valence-corrected chi connectivity index (χ4v) is 3.02. The van der Waals surface area contributed by atoms with E-state index in [0.29, 0.717) is 22.3 Å². The van der Waals surface area contributed by atoms with Gasteiger partial charge in [-0.05, 0) is 25.1 Å². The molecule has 22 heavy (non-hydrogen) atoms. The number of hydrogen-bond acceptors (Lipinski definition) is 3. The van der Waals surface area contributed by atoms with E-state index in [9.17, 15) is 4.79 Å². The fraction of sp³-hybridized carbons (Fsp3) is 0.312. The largest absolute Gasteiger partial charge is 0.490 e. The SMILES string of the molecule is O=c1cc[nH]cc1C1CNCCC1Oc1ccc(Cl)c(Cl)c1. The lowest BCUT2D eigenvalue weighted by Gasteiger charge is -2.32. The molecule has 4 nitrogen and oxygen atoms in total. The van der Waals surface area contributed by atoms with E-state index in [0.717, 1.165) is 18.5 Å². The Morgan fingerprint density at radius 1 is 1.18 bits per heavy atom. The van der Waals surface area contributed by atoms with Gasteiger partial charge >= 0.3 is 0 Å². The summed E-state index contributed by atoms with van der Waals surface area (Å²) in [7, 11) is 0. The standard InChI is InChI=1S/C16H16Cl2N2O2/c17-13-2-1-10(7-14(13)18)22-16-4-6-20-9-12(16)11-8-19-5-3-15(11)21/h1-3,5,7-8,12,16,20H,4,6,9H2,(H,19,21). The zero-order valence-electron chi connectivity index (χ0n) is 11.8. The summed E-state index contributed by atoms with van der Waals surface area (Å²) in [4.78, 5) is 15.1. The number of hydrogen-bond donors (Lipinski definition) is 2. The van der Waals surface area contributed by atoms with Crippen LogP contribution >= 0.6 is 23.2 Å².